The second kappa shape index (κ2) is 9.07. The number of amides is 3. The lowest BCUT2D eigenvalue weighted by molar-refractivity contribution is -0.134. The minimum Gasteiger partial charge on any atom is -0.497 e. The fraction of sp³-hybridized carbons (Fsp3) is 0.350. The molecule has 0 spiro atoms. The van der Waals surface area contributed by atoms with Crippen LogP contribution in [0, 0.1) is 0 Å². The normalized spacial score (nSPS) is 13.9. The van der Waals surface area contributed by atoms with Crippen molar-refractivity contribution in [2.45, 2.75) is 6.42 Å². The summed E-state index contributed by atoms with van der Waals surface area (Å²) in [5.41, 5.74) is 0.843. The van der Waals surface area contributed by atoms with Gasteiger partial charge in [-0.05, 0) is 29.8 Å². The van der Waals surface area contributed by atoms with Crippen molar-refractivity contribution in [2.75, 3.05) is 39.8 Å². The number of piperazine rings is 1. The van der Waals surface area contributed by atoms with Gasteiger partial charge in [0.25, 0.3) is 5.91 Å². The Morgan fingerprint density at radius 1 is 1.04 bits per heavy atom. The zero-order chi connectivity index (χ0) is 19.9. The first-order chi connectivity index (χ1) is 13.6. The van der Waals surface area contributed by atoms with Gasteiger partial charge in [-0.25, -0.2) is 0 Å². The molecule has 1 aromatic heterocycles. The molecule has 1 aliphatic rings. The van der Waals surface area contributed by atoms with E-state index in [1.807, 2.05) is 12.1 Å². The molecule has 148 valence electrons. The van der Waals surface area contributed by atoms with Crippen LogP contribution in [0.1, 0.15) is 16.1 Å². The summed E-state index contributed by atoms with van der Waals surface area (Å²) < 4.78 is 10.2. The zero-order valence-electron chi connectivity index (χ0n) is 15.7. The average molecular weight is 385 g/mol. The summed E-state index contributed by atoms with van der Waals surface area (Å²) >= 11 is 0. The van der Waals surface area contributed by atoms with E-state index in [2.05, 4.69) is 5.32 Å². The van der Waals surface area contributed by atoms with E-state index >= 15 is 0 Å². The molecule has 3 rings (SSSR count). The fourth-order valence-corrected chi connectivity index (χ4v) is 2.99. The summed E-state index contributed by atoms with van der Waals surface area (Å²) in [5.74, 6) is 0.470. The second-order valence-electron chi connectivity index (χ2n) is 6.45. The Hall–Kier alpha value is -3.29. The van der Waals surface area contributed by atoms with Crippen LogP contribution in [0.3, 0.4) is 0 Å². The van der Waals surface area contributed by atoms with Crippen LogP contribution in [0.15, 0.2) is 47.1 Å². The Balaban J connectivity index is 1.40. The van der Waals surface area contributed by atoms with E-state index in [0.717, 1.165) is 11.3 Å². The van der Waals surface area contributed by atoms with Gasteiger partial charge in [0.15, 0.2) is 5.76 Å². The van der Waals surface area contributed by atoms with Crippen molar-refractivity contribution in [3.63, 3.8) is 0 Å². The third-order valence-electron chi connectivity index (χ3n) is 4.61. The molecule has 0 radical (unpaired) electrons. The summed E-state index contributed by atoms with van der Waals surface area (Å²) in [4.78, 5) is 39.9. The number of benzene rings is 1. The number of methoxy groups -OCH3 is 1. The van der Waals surface area contributed by atoms with Gasteiger partial charge in [0.05, 0.1) is 26.3 Å². The van der Waals surface area contributed by atoms with E-state index in [1.165, 1.54) is 6.26 Å². The Morgan fingerprint density at radius 3 is 2.32 bits per heavy atom. The smallest absolute Gasteiger partial charge is 0.289 e. The highest BCUT2D eigenvalue weighted by Gasteiger charge is 2.26. The summed E-state index contributed by atoms with van der Waals surface area (Å²) in [6.45, 7) is 1.68. The molecule has 0 atom stereocenters. The number of furan rings is 1. The van der Waals surface area contributed by atoms with Crippen molar-refractivity contribution in [2.24, 2.45) is 0 Å². The topological polar surface area (TPSA) is 92.1 Å². The van der Waals surface area contributed by atoms with E-state index in [4.69, 9.17) is 9.15 Å². The molecular formula is C20H23N3O5. The van der Waals surface area contributed by atoms with E-state index in [1.54, 1.807) is 41.2 Å². The molecule has 8 heteroatoms. The van der Waals surface area contributed by atoms with Crippen LogP contribution < -0.4 is 10.1 Å². The maximum atomic E-state index is 12.3. The van der Waals surface area contributed by atoms with Gasteiger partial charge in [-0.15, -0.1) is 0 Å². The van der Waals surface area contributed by atoms with Crippen LogP contribution in [-0.4, -0.2) is 67.4 Å². The molecule has 2 aromatic rings. The first kappa shape index (κ1) is 19.5. The summed E-state index contributed by atoms with van der Waals surface area (Å²) in [6, 6.07) is 10.5. The SMILES string of the molecule is COc1ccc(CC(=O)NCC(=O)N2CCN(C(=O)c3ccco3)CC2)cc1. The predicted molar refractivity (Wildman–Crippen MR) is 101 cm³/mol. The third-order valence-corrected chi connectivity index (χ3v) is 4.61. The van der Waals surface area contributed by atoms with Crippen molar-refractivity contribution in [3.8, 4) is 5.75 Å². The zero-order valence-corrected chi connectivity index (χ0v) is 15.7. The number of ether oxygens (including phenoxy) is 1. The van der Waals surface area contributed by atoms with Crippen molar-refractivity contribution < 1.29 is 23.5 Å². The molecular weight excluding hydrogens is 362 g/mol. The second-order valence-corrected chi connectivity index (χ2v) is 6.45. The number of hydrogen-bond acceptors (Lipinski definition) is 5. The Labute approximate surface area is 163 Å². The van der Waals surface area contributed by atoms with Crippen molar-refractivity contribution in [3.05, 3.63) is 54.0 Å². The predicted octanol–water partition coefficient (Wildman–Crippen LogP) is 0.932. The van der Waals surface area contributed by atoms with Gasteiger partial charge in [-0.2, -0.15) is 0 Å². The Bertz CT molecular complexity index is 809. The Kier molecular flexibility index (Phi) is 6.31. The molecule has 2 heterocycles. The molecule has 0 aliphatic carbocycles. The fourth-order valence-electron chi connectivity index (χ4n) is 2.99. The van der Waals surface area contributed by atoms with Crippen molar-refractivity contribution >= 4 is 17.7 Å². The molecule has 0 saturated carbocycles. The molecule has 1 aliphatic heterocycles. The molecule has 8 nitrogen and oxygen atoms in total. The quantitative estimate of drug-likeness (QED) is 0.799. The monoisotopic (exact) mass is 385 g/mol. The lowest BCUT2D eigenvalue weighted by atomic mass is 10.1. The van der Waals surface area contributed by atoms with Gasteiger partial charge in [-0.3, -0.25) is 14.4 Å². The maximum Gasteiger partial charge on any atom is 0.289 e. The van der Waals surface area contributed by atoms with Crippen LogP contribution >= 0.6 is 0 Å². The summed E-state index contributed by atoms with van der Waals surface area (Å²) in [5, 5.41) is 2.66. The van der Waals surface area contributed by atoms with Gasteiger partial charge in [0.1, 0.15) is 5.75 Å². The molecule has 0 bridgehead atoms. The molecule has 3 amide bonds. The van der Waals surface area contributed by atoms with Crippen LogP contribution in [0.5, 0.6) is 5.75 Å². The first-order valence-electron chi connectivity index (χ1n) is 9.07. The van der Waals surface area contributed by atoms with E-state index < -0.39 is 0 Å². The van der Waals surface area contributed by atoms with Crippen LogP contribution in [-0.2, 0) is 16.0 Å². The minimum atomic E-state index is -0.217. The standard InChI is InChI=1S/C20H23N3O5/c1-27-16-6-4-15(5-7-16)13-18(24)21-14-19(25)22-8-10-23(11-9-22)20(26)17-3-2-12-28-17/h2-7,12H,8-11,13-14H2,1H3,(H,21,24). The molecule has 28 heavy (non-hydrogen) atoms. The highest BCUT2D eigenvalue weighted by Crippen LogP contribution is 2.12. The number of rotatable bonds is 6. The van der Waals surface area contributed by atoms with E-state index in [9.17, 15) is 14.4 Å². The van der Waals surface area contributed by atoms with Crippen LogP contribution in [0.4, 0.5) is 0 Å². The number of nitrogens with zero attached hydrogens (tertiary/aromatic N) is 2. The van der Waals surface area contributed by atoms with E-state index in [-0.39, 0.29) is 30.7 Å². The third kappa shape index (κ3) is 4.91. The number of carbonyl (C=O) groups excluding carboxylic acids is 3. The van der Waals surface area contributed by atoms with Gasteiger partial charge in [0.2, 0.25) is 11.8 Å². The molecule has 1 N–H and O–H groups in total. The van der Waals surface area contributed by atoms with Gasteiger partial charge in [0, 0.05) is 26.2 Å². The Morgan fingerprint density at radius 2 is 1.71 bits per heavy atom. The maximum absolute atomic E-state index is 12.3. The van der Waals surface area contributed by atoms with Crippen molar-refractivity contribution in [1.82, 2.24) is 15.1 Å². The van der Waals surface area contributed by atoms with Gasteiger partial charge in [-0.1, -0.05) is 12.1 Å². The molecule has 1 aromatic carbocycles. The number of nitrogens with one attached hydrogen (secondary N) is 1. The first-order valence-corrected chi connectivity index (χ1v) is 9.07. The highest BCUT2D eigenvalue weighted by atomic mass is 16.5. The number of hydrogen-bond donors (Lipinski definition) is 1. The van der Waals surface area contributed by atoms with Crippen LogP contribution in [0.25, 0.3) is 0 Å². The number of carbonyl (C=O) groups is 3. The molecule has 0 unspecified atom stereocenters. The van der Waals surface area contributed by atoms with Gasteiger partial charge < -0.3 is 24.3 Å². The highest BCUT2D eigenvalue weighted by molar-refractivity contribution is 5.91. The summed E-state index contributed by atoms with van der Waals surface area (Å²) in [7, 11) is 1.58. The largest absolute Gasteiger partial charge is 0.497 e. The lowest BCUT2D eigenvalue weighted by Gasteiger charge is -2.34. The summed E-state index contributed by atoms with van der Waals surface area (Å²) in [6.07, 6.45) is 1.66. The minimum absolute atomic E-state index is 0.0544. The van der Waals surface area contributed by atoms with E-state index in [0.29, 0.717) is 31.9 Å². The van der Waals surface area contributed by atoms with Crippen LogP contribution in [0.2, 0.25) is 0 Å². The lowest BCUT2D eigenvalue weighted by Crippen LogP contribution is -2.52. The van der Waals surface area contributed by atoms with Gasteiger partial charge >= 0.3 is 0 Å². The average Bonchev–Trinajstić information content (AvgIpc) is 3.27. The molecule has 1 saturated heterocycles. The van der Waals surface area contributed by atoms with Crippen molar-refractivity contribution in [1.29, 1.82) is 0 Å². The molecule has 1 fully saturated rings.